The Balaban J connectivity index is 2.10. The highest BCUT2D eigenvalue weighted by Crippen LogP contribution is 2.26. The maximum atomic E-state index is 5.95. The molecule has 3 nitrogen and oxygen atoms in total. The molecule has 3 heteroatoms. The number of hydrogen-bond acceptors (Lipinski definition) is 3. The predicted octanol–water partition coefficient (Wildman–Crippen LogP) is 1.79. The van der Waals surface area contributed by atoms with E-state index in [1.54, 1.807) is 0 Å². The van der Waals surface area contributed by atoms with Crippen LogP contribution < -0.4 is 11.5 Å². The van der Waals surface area contributed by atoms with Crippen LogP contribution in [0.1, 0.15) is 52.4 Å². The van der Waals surface area contributed by atoms with Gasteiger partial charge in [0.1, 0.15) is 0 Å². The Bertz CT molecular complexity index is 153. The van der Waals surface area contributed by atoms with Gasteiger partial charge in [-0.25, -0.2) is 0 Å². The predicted molar refractivity (Wildman–Crippen MR) is 63.7 cm³/mol. The van der Waals surface area contributed by atoms with Gasteiger partial charge in [0, 0.05) is 12.1 Å². The van der Waals surface area contributed by atoms with E-state index in [0.29, 0.717) is 24.3 Å². The van der Waals surface area contributed by atoms with Gasteiger partial charge in [0.2, 0.25) is 0 Å². The van der Waals surface area contributed by atoms with Gasteiger partial charge in [0.25, 0.3) is 0 Å². The minimum atomic E-state index is 0.303. The first-order valence-corrected chi connectivity index (χ1v) is 6.24. The molecular weight excluding hydrogens is 188 g/mol. The molecule has 0 spiro atoms. The van der Waals surface area contributed by atoms with E-state index >= 15 is 0 Å². The van der Waals surface area contributed by atoms with Crippen LogP contribution in [0.15, 0.2) is 0 Å². The van der Waals surface area contributed by atoms with E-state index in [9.17, 15) is 0 Å². The Kier molecular flexibility index (Phi) is 5.58. The molecule has 90 valence electrons. The maximum Gasteiger partial charge on any atom is 0.0580 e. The van der Waals surface area contributed by atoms with Gasteiger partial charge in [-0.2, -0.15) is 0 Å². The maximum absolute atomic E-state index is 5.95. The van der Waals surface area contributed by atoms with Gasteiger partial charge in [-0.1, -0.05) is 0 Å². The molecule has 0 bridgehead atoms. The molecule has 4 atom stereocenters. The summed E-state index contributed by atoms with van der Waals surface area (Å²) in [5.74, 6) is 0. The first-order chi connectivity index (χ1) is 7.08. The van der Waals surface area contributed by atoms with Crippen molar-refractivity contribution in [2.24, 2.45) is 11.5 Å². The van der Waals surface area contributed by atoms with Crippen LogP contribution in [-0.2, 0) is 4.74 Å². The molecule has 0 saturated carbocycles. The summed E-state index contributed by atoms with van der Waals surface area (Å²) in [6.45, 7) is 4.12. The molecule has 1 saturated heterocycles. The van der Waals surface area contributed by atoms with Crippen molar-refractivity contribution in [3.05, 3.63) is 0 Å². The minimum absolute atomic E-state index is 0.303. The van der Waals surface area contributed by atoms with E-state index in [-0.39, 0.29) is 0 Å². The van der Waals surface area contributed by atoms with E-state index in [2.05, 4.69) is 13.8 Å². The van der Waals surface area contributed by atoms with Crippen molar-refractivity contribution in [3.63, 3.8) is 0 Å². The summed E-state index contributed by atoms with van der Waals surface area (Å²) >= 11 is 0. The van der Waals surface area contributed by atoms with E-state index in [0.717, 1.165) is 25.7 Å². The Morgan fingerprint density at radius 2 is 1.40 bits per heavy atom. The molecule has 4 N–H and O–H groups in total. The van der Waals surface area contributed by atoms with Gasteiger partial charge in [0.05, 0.1) is 12.2 Å². The first kappa shape index (κ1) is 12.9. The lowest BCUT2D eigenvalue weighted by Gasteiger charge is -2.15. The average molecular weight is 214 g/mol. The lowest BCUT2D eigenvalue weighted by atomic mass is 10.0. The summed E-state index contributed by atoms with van der Waals surface area (Å²) in [5, 5.41) is 0. The van der Waals surface area contributed by atoms with E-state index in [1.165, 1.54) is 12.8 Å². The Labute approximate surface area is 93.5 Å². The number of hydrogen-bond donors (Lipinski definition) is 2. The second-order valence-corrected chi connectivity index (χ2v) is 5.07. The fourth-order valence-electron chi connectivity index (χ4n) is 2.10. The average Bonchev–Trinajstić information content (AvgIpc) is 2.59. The van der Waals surface area contributed by atoms with Crippen molar-refractivity contribution in [3.8, 4) is 0 Å². The van der Waals surface area contributed by atoms with Gasteiger partial charge in [0.15, 0.2) is 0 Å². The Morgan fingerprint density at radius 3 is 1.73 bits per heavy atom. The highest BCUT2D eigenvalue weighted by atomic mass is 16.5. The zero-order valence-electron chi connectivity index (χ0n) is 10.1. The number of rotatable bonds is 6. The quantitative estimate of drug-likeness (QED) is 0.708. The summed E-state index contributed by atoms with van der Waals surface area (Å²) in [5.41, 5.74) is 11.5. The molecule has 4 unspecified atom stereocenters. The molecule has 0 amide bonds. The molecule has 0 aromatic rings. The molecule has 0 aliphatic carbocycles. The van der Waals surface area contributed by atoms with Crippen molar-refractivity contribution in [2.45, 2.75) is 76.7 Å². The molecule has 0 radical (unpaired) electrons. The van der Waals surface area contributed by atoms with Crippen LogP contribution >= 0.6 is 0 Å². The second-order valence-electron chi connectivity index (χ2n) is 5.07. The molecule has 1 aliphatic rings. The largest absolute Gasteiger partial charge is 0.375 e. The SMILES string of the molecule is CC(N)CCC1CCC(CCC(C)N)O1. The third kappa shape index (κ3) is 5.50. The van der Waals surface area contributed by atoms with Crippen molar-refractivity contribution in [1.29, 1.82) is 0 Å². The highest BCUT2D eigenvalue weighted by Gasteiger charge is 2.24. The molecule has 1 heterocycles. The Morgan fingerprint density at radius 1 is 1.00 bits per heavy atom. The molecule has 1 rings (SSSR count). The fraction of sp³-hybridized carbons (Fsp3) is 1.00. The summed E-state index contributed by atoms with van der Waals surface area (Å²) in [6, 6.07) is 0.605. The van der Waals surface area contributed by atoms with Crippen molar-refractivity contribution in [1.82, 2.24) is 0 Å². The van der Waals surface area contributed by atoms with Gasteiger partial charge in [-0.3, -0.25) is 0 Å². The van der Waals surface area contributed by atoms with Crippen LogP contribution in [0, 0.1) is 0 Å². The molecule has 0 aromatic heterocycles. The standard InChI is InChI=1S/C12H26N2O/c1-9(13)3-5-11-7-8-12(15-11)6-4-10(2)14/h9-12H,3-8,13-14H2,1-2H3. The van der Waals surface area contributed by atoms with Crippen LogP contribution in [-0.4, -0.2) is 24.3 Å². The summed E-state index contributed by atoms with van der Waals surface area (Å²) < 4.78 is 5.95. The van der Waals surface area contributed by atoms with Crippen LogP contribution in [0.3, 0.4) is 0 Å². The zero-order chi connectivity index (χ0) is 11.3. The van der Waals surface area contributed by atoms with Crippen LogP contribution in [0.2, 0.25) is 0 Å². The lowest BCUT2D eigenvalue weighted by Crippen LogP contribution is -2.20. The summed E-state index contributed by atoms with van der Waals surface area (Å²) in [4.78, 5) is 0. The highest BCUT2D eigenvalue weighted by molar-refractivity contribution is 4.75. The van der Waals surface area contributed by atoms with Crippen LogP contribution in [0.5, 0.6) is 0 Å². The van der Waals surface area contributed by atoms with Crippen LogP contribution in [0.25, 0.3) is 0 Å². The lowest BCUT2D eigenvalue weighted by molar-refractivity contribution is 0.0327. The molecular formula is C12H26N2O. The van der Waals surface area contributed by atoms with Gasteiger partial charge >= 0.3 is 0 Å². The second kappa shape index (κ2) is 6.46. The van der Waals surface area contributed by atoms with Crippen molar-refractivity contribution in [2.75, 3.05) is 0 Å². The monoisotopic (exact) mass is 214 g/mol. The number of nitrogens with two attached hydrogens (primary N) is 2. The summed E-state index contributed by atoms with van der Waals surface area (Å²) in [7, 11) is 0. The van der Waals surface area contributed by atoms with E-state index in [4.69, 9.17) is 16.2 Å². The third-order valence-corrected chi connectivity index (χ3v) is 3.08. The minimum Gasteiger partial charge on any atom is -0.375 e. The first-order valence-electron chi connectivity index (χ1n) is 6.24. The van der Waals surface area contributed by atoms with Gasteiger partial charge in [-0.05, 0) is 52.4 Å². The summed E-state index contributed by atoms with van der Waals surface area (Å²) in [6.07, 6.45) is 7.70. The Hall–Kier alpha value is -0.120. The smallest absolute Gasteiger partial charge is 0.0580 e. The zero-order valence-corrected chi connectivity index (χ0v) is 10.1. The van der Waals surface area contributed by atoms with Crippen LogP contribution in [0.4, 0.5) is 0 Å². The van der Waals surface area contributed by atoms with Gasteiger partial charge in [-0.15, -0.1) is 0 Å². The van der Waals surface area contributed by atoms with Crippen molar-refractivity contribution < 1.29 is 4.74 Å². The molecule has 1 fully saturated rings. The molecule has 1 aliphatic heterocycles. The van der Waals surface area contributed by atoms with E-state index < -0.39 is 0 Å². The van der Waals surface area contributed by atoms with Gasteiger partial charge < -0.3 is 16.2 Å². The van der Waals surface area contributed by atoms with Crippen molar-refractivity contribution >= 4 is 0 Å². The third-order valence-electron chi connectivity index (χ3n) is 3.08. The molecule has 0 aromatic carbocycles. The van der Waals surface area contributed by atoms with E-state index in [1.807, 2.05) is 0 Å². The normalized spacial score (nSPS) is 30.4. The molecule has 15 heavy (non-hydrogen) atoms. The topological polar surface area (TPSA) is 61.3 Å². The number of ether oxygens (including phenoxy) is 1. The fourth-order valence-corrected chi connectivity index (χ4v) is 2.10.